The van der Waals surface area contributed by atoms with Crippen LogP contribution in [0.3, 0.4) is 0 Å². The molecule has 0 radical (unpaired) electrons. The number of nitrogens with one attached hydrogen (secondary N) is 1. The van der Waals surface area contributed by atoms with Crippen LogP contribution in [0.2, 0.25) is 0 Å². The second-order valence-corrected chi connectivity index (χ2v) is 5.50. The second kappa shape index (κ2) is 8.67. The van der Waals surface area contributed by atoms with E-state index in [-0.39, 0.29) is 30.7 Å². The monoisotopic (exact) mass is 328 g/mol. The Bertz CT molecular complexity index is 639. The van der Waals surface area contributed by atoms with E-state index in [1.807, 2.05) is 12.1 Å². The maximum absolute atomic E-state index is 12.2. The average Bonchev–Trinajstić information content (AvgIpc) is 2.86. The van der Waals surface area contributed by atoms with Crippen LogP contribution < -0.4 is 5.32 Å². The van der Waals surface area contributed by atoms with Crippen molar-refractivity contribution in [2.24, 2.45) is 0 Å². The standard InChI is InChI=1S/C17H20N4O3/c18-8-7-15(22)20-9-4-10-21(12-11-20)16(23)13-19-17(24)14-5-2-1-3-6-14/h1-3,5-6H,4,7,9-13H2,(H,19,24). The number of nitrogens with zero attached hydrogens (tertiary/aromatic N) is 3. The van der Waals surface area contributed by atoms with E-state index in [9.17, 15) is 14.4 Å². The van der Waals surface area contributed by atoms with Crippen molar-refractivity contribution in [1.82, 2.24) is 15.1 Å². The van der Waals surface area contributed by atoms with Crippen LogP contribution in [0.1, 0.15) is 23.2 Å². The third-order valence-electron chi connectivity index (χ3n) is 3.87. The van der Waals surface area contributed by atoms with Crippen molar-refractivity contribution in [1.29, 1.82) is 5.26 Å². The molecule has 1 aliphatic rings. The highest BCUT2D eigenvalue weighted by Crippen LogP contribution is 2.05. The quantitative estimate of drug-likeness (QED) is 0.865. The highest BCUT2D eigenvalue weighted by atomic mass is 16.2. The predicted octanol–water partition coefficient (Wildman–Crippen LogP) is 0.391. The van der Waals surface area contributed by atoms with Crippen molar-refractivity contribution in [2.45, 2.75) is 12.8 Å². The van der Waals surface area contributed by atoms with E-state index in [0.29, 0.717) is 38.2 Å². The highest BCUT2D eigenvalue weighted by molar-refractivity contribution is 5.96. The summed E-state index contributed by atoms with van der Waals surface area (Å²) in [5, 5.41) is 11.2. The lowest BCUT2D eigenvalue weighted by molar-refractivity contribution is -0.132. The topological polar surface area (TPSA) is 93.5 Å². The molecule has 1 aliphatic heterocycles. The minimum atomic E-state index is -0.287. The van der Waals surface area contributed by atoms with Crippen LogP contribution in [-0.2, 0) is 9.59 Å². The molecule has 0 aliphatic carbocycles. The Kier molecular flexibility index (Phi) is 6.32. The van der Waals surface area contributed by atoms with Crippen LogP contribution in [0.5, 0.6) is 0 Å². The molecule has 7 nitrogen and oxygen atoms in total. The molecule has 0 spiro atoms. The van der Waals surface area contributed by atoms with Gasteiger partial charge >= 0.3 is 0 Å². The molecule has 1 aromatic rings. The summed E-state index contributed by atoms with van der Waals surface area (Å²) in [4.78, 5) is 39.2. The van der Waals surface area contributed by atoms with Crippen LogP contribution in [0.15, 0.2) is 30.3 Å². The lowest BCUT2D eigenvalue weighted by Gasteiger charge is -2.21. The van der Waals surface area contributed by atoms with Crippen LogP contribution in [-0.4, -0.2) is 60.2 Å². The summed E-state index contributed by atoms with van der Waals surface area (Å²) in [5.74, 6) is -0.664. The van der Waals surface area contributed by atoms with E-state index >= 15 is 0 Å². The molecule has 1 heterocycles. The van der Waals surface area contributed by atoms with Crippen LogP contribution >= 0.6 is 0 Å². The number of benzene rings is 1. The van der Waals surface area contributed by atoms with Gasteiger partial charge in [0.25, 0.3) is 5.91 Å². The lowest BCUT2D eigenvalue weighted by Crippen LogP contribution is -2.42. The van der Waals surface area contributed by atoms with Gasteiger partial charge in [0.1, 0.15) is 6.42 Å². The molecule has 2 rings (SSSR count). The smallest absolute Gasteiger partial charge is 0.251 e. The Labute approximate surface area is 140 Å². The zero-order valence-corrected chi connectivity index (χ0v) is 13.4. The number of carbonyl (C=O) groups is 3. The minimum Gasteiger partial charge on any atom is -0.343 e. The zero-order valence-electron chi connectivity index (χ0n) is 13.4. The first-order valence-corrected chi connectivity index (χ1v) is 7.87. The Balaban J connectivity index is 1.82. The summed E-state index contributed by atoms with van der Waals surface area (Å²) in [7, 11) is 0. The highest BCUT2D eigenvalue weighted by Gasteiger charge is 2.22. The first-order chi connectivity index (χ1) is 11.6. The van der Waals surface area contributed by atoms with Crippen molar-refractivity contribution >= 4 is 17.7 Å². The molecule has 126 valence electrons. The van der Waals surface area contributed by atoms with Gasteiger partial charge in [0.2, 0.25) is 11.8 Å². The summed E-state index contributed by atoms with van der Waals surface area (Å²) in [6, 6.07) is 10.6. The molecule has 1 N–H and O–H groups in total. The molecule has 0 saturated carbocycles. The van der Waals surface area contributed by atoms with Crippen molar-refractivity contribution < 1.29 is 14.4 Å². The summed E-state index contributed by atoms with van der Waals surface area (Å²) in [5.41, 5.74) is 0.509. The zero-order chi connectivity index (χ0) is 17.4. The van der Waals surface area contributed by atoms with Gasteiger partial charge in [-0.1, -0.05) is 18.2 Å². The molecule has 0 unspecified atom stereocenters. The molecule has 7 heteroatoms. The molecular weight excluding hydrogens is 308 g/mol. The molecule has 1 aromatic carbocycles. The van der Waals surface area contributed by atoms with Gasteiger partial charge in [-0.2, -0.15) is 5.26 Å². The van der Waals surface area contributed by atoms with Gasteiger partial charge in [0.15, 0.2) is 0 Å². The van der Waals surface area contributed by atoms with Crippen molar-refractivity contribution in [3.05, 3.63) is 35.9 Å². The molecule has 0 bridgehead atoms. The minimum absolute atomic E-state index is 0.0696. The van der Waals surface area contributed by atoms with E-state index in [1.165, 1.54) is 0 Å². The Morgan fingerprint density at radius 1 is 1.00 bits per heavy atom. The number of hydrogen-bond donors (Lipinski definition) is 1. The fourth-order valence-electron chi connectivity index (χ4n) is 2.55. The van der Waals surface area contributed by atoms with Crippen LogP contribution in [0.25, 0.3) is 0 Å². The predicted molar refractivity (Wildman–Crippen MR) is 86.8 cm³/mol. The fourth-order valence-corrected chi connectivity index (χ4v) is 2.55. The lowest BCUT2D eigenvalue weighted by atomic mass is 10.2. The van der Waals surface area contributed by atoms with E-state index < -0.39 is 0 Å². The molecular formula is C17H20N4O3. The van der Waals surface area contributed by atoms with Gasteiger partial charge in [-0.15, -0.1) is 0 Å². The number of amides is 3. The SMILES string of the molecule is N#CCC(=O)N1CCCN(C(=O)CNC(=O)c2ccccc2)CC1. The third kappa shape index (κ3) is 4.81. The number of hydrogen-bond acceptors (Lipinski definition) is 4. The first kappa shape index (κ1) is 17.5. The van der Waals surface area contributed by atoms with E-state index in [4.69, 9.17) is 5.26 Å². The maximum atomic E-state index is 12.2. The van der Waals surface area contributed by atoms with Gasteiger partial charge in [-0.3, -0.25) is 14.4 Å². The molecule has 1 fully saturated rings. The van der Waals surface area contributed by atoms with Gasteiger partial charge in [-0.05, 0) is 18.6 Å². The molecule has 3 amide bonds. The van der Waals surface area contributed by atoms with Crippen molar-refractivity contribution in [2.75, 3.05) is 32.7 Å². The normalized spacial score (nSPS) is 14.5. The van der Waals surface area contributed by atoms with E-state index in [0.717, 1.165) is 0 Å². The van der Waals surface area contributed by atoms with Crippen molar-refractivity contribution in [3.8, 4) is 6.07 Å². The summed E-state index contributed by atoms with van der Waals surface area (Å²) < 4.78 is 0. The van der Waals surface area contributed by atoms with Gasteiger partial charge in [0, 0.05) is 31.7 Å². The van der Waals surface area contributed by atoms with Gasteiger partial charge in [-0.25, -0.2) is 0 Å². The van der Waals surface area contributed by atoms with Gasteiger partial charge in [0.05, 0.1) is 12.6 Å². The molecule has 0 aromatic heterocycles. The average molecular weight is 328 g/mol. The Morgan fingerprint density at radius 2 is 1.62 bits per heavy atom. The molecule has 24 heavy (non-hydrogen) atoms. The molecule has 1 saturated heterocycles. The largest absolute Gasteiger partial charge is 0.343 e. The first-order valence-electron chi connectivity index (χ1n) is 7.87. The summed E-state index contributed by atoms with van der Waals surface area (Å²) >= 11 is 0. The van der Waals surface area contributed by atoms with Crippen molar-refractivity contribution in [3.63, 3.8) is 0 Å². The summed E-state index contributed by atoms with van der Waals surface area (Å²) in [6.07, 6.45) is 0.524. The molecule has 0 atom stereocenters. The van der Waals surface area contributed by atoms with E-state index in [2.05, 4.69) is 5.32 Å². The maximum Gasteiger partial charge on any atom is 0.251 e. The van der Waals surface area contributed by atoms with Crippen LogP contribution in [0, 0.1) is 11.3 Å². The second-order valence-electron chi connectivity index (χ2n) is 5.50. The van der Waals surface area contributed by atoms with E-state index in [1.54, 1.807) is 34.1 Å². The summed E-state index contributed by atoms with van der Waals surface area (Å²) in [6.45, 7) is 1.84. The van der Waals surface area contributed by atoms with Gasteiger partial charge < -0.3 is 15.1 Å². The van der Waals surface area contributed by atoms with Crippen LogP contribution in [0.4, 0.5) is 0 Å². The Morgan fingerprint density at radius 3 is 2.25 bits per heavy atom. The fraction of sp³-hybridized carbons (Fsp3) is 0.412. The third-order valence-corrected chi connectivity index (χ3v) is 3.87. The number of rotatable bonds is 4. The number of carbonyl (C=O) groups excluding carboxylic acids is 3. The number of nitriles is 1. The Hall–Kier alpha value is -2.88.